The number of methoxy groups -OCH3 is 1. The molecule has 4 aromatic rings. The zero-order valence-electron chi connectivity index (χ0n) is 24.1. The summed E-state index contributed by atoms with van der Waals surface area (Å²) in [6.45, 7) is 5.32. The molecule has 2 aromatic carbocycles. The normalized spacial score (nSPS) is 16.3. The number of hydrogen-bond acceptors (Lipinski definition) is 9. The molecule has 2 saturated heterocycles. The maximum atomic E-state index is 5.87. The predicted molar refractivity (Wildman–Crippen MR) is 188 cm³/mol. The van der Waals surface area contributed by atoms with Crippen molar-refractivity contribution in [2.24, 2.45) is 0 Å². The van der Waals surface area contributed by atoms with Gasteiger partial charge in [0.25, 0.3) is 10.3 Å². The van der Waals surface area contributed by atoms with Crippen LogP contribution in [0.1, 0.15) is 25.4 Å². The Morgan fingerprint density at radius 2 is 1.14 bits per heavy atom. The van der Waals surface area contributed by atoms with E-state index in [1.54, 1.807) is 29.1 Å². The van der Waals surface area contributed by atoms with Gasteiger partial charge in [-0.25, -0.2) is 0 Å². The van der Waals surface area contributed by atoms with Gasteiger partial charge < -0.3 is 23.0 Å². The fourth-order valence-electron chi connectivity index (χ4n) is 4.42. The molecule has 11 heteroatoms. The number of furan rings is 2. The van der Waals surface area contributed by atoms with E-state index in [2.05, 4.69) is 0 Å². The Morgan fingerprint density at radius 1 is 0.636 bits per heavy atom. The average molecular weight is 661 g/mol. The van der Waals surface area contributed by atoms with Crippen LogP contribution in [0.3, 0.4) is 0 Å². The van der Waals surface area contributed by atoms with E-state index in [-0.39, 0.29) is 0 Å². The van der Waals surface area contributed by atoms with Gasteiger partial charge in [-0.15, -0.1) is 0 Å². The molecule has 2 aliphatic rings. The van der Waals surface area contributed by atoms with Gasteiger partial charge in [-0.1, -0.05) is 66.9 Å². The lowest BCUT2D eigenvalue weighted by molar-refractivity contribution is 0.414. The minimum absolute atomic E-state index is 0.375. The van der Waals surface area contributed by atoms with Crippen molar-refractivity contribution in [3.8, 4) is 28.4 Å². The van der Waals surface area contributed by atoms with E-state index < -0.39 is 0 Å². The summed E-state index contributed by atoms with van der Waals surface area (Å²) in [5.74, 6) is 4.70. The fraction of sp³-hybridized carbons (Fsp3) is 0.152. The molecule has 0 atom stereocenters. The summed E-state index contributed by atoms with van der Waals surface area (Å²) >= 11 is 21.0. The van der Waals surface area contributed by atoms with E-state index in [1.807, 2.05) is 92.7 Å². The lowest BCUT2D eigenvalue weighted by Crippen LogP contribution is -2.26. The minimum Gasteiger partial charge on any atom is -0.496 e. The van der Waals surface area contributed by atoms with E-state index in [0.29, 0.717) is 62.2 Å². The molecular formula is C33H28N2O5S4. The van der Waals surface area contributed by atoms with E-state index in [9.17, 15) is 0 Å². The first kappa shape index (κ1) is 31.3. The van der Waals surface area contributed by atoms with Gasteiger partial charge in [-0.05, 0) is 74.7 Å². The largest absolute Gasteiger partial charge is 0.496 e. The number of benzene rings is 2. The lowest BCUT2D eigenvalue weighted by Gasteiger charge is -2.09. The number of para-hydroxylation sites is 1. The van der Waals surface area contributed by atoms with Crippen molar-refractivity contribution in [1.82, 2.24) is 9.80 Å². The number of likely N-dealkylation sites (N-methyl/N-ethyl adjacent to an activating group) is 2. The molecule has 0 aliphatic carbocycles. The van der Waals surface area contributed by atoms with Crippen LogP contribution in [0.15, 0.2) is 99.2 Å². The predicted octanol–water partition coefficient (Wildman–Crippen LogP) is 8.51. The molecule has 44 heavy (non-hydrogen) atoms. The van der Waals surface area contributed by atoms with Crippen molar-refractivity contribution in [3.63, 3.8) is 0 Å². The van der Waals surface area contributed by atoms with E-state index in [4.69, 9.17) is 71.9 Å². The summed E-state index contributed by atoms with van der Waals surface area (Å²) < 4.78 is 28.1. The minimum atomic E-state index is 0.375. The lowest BCUT2D eigenvalue weighted by atomic mass is 10.1. The summed E-state index contributed by atoms with van der Waals surface area (Å²) in [6.07, 6.45) is 3.53. The third kappa shape index (κ3) is 6.81. The SMILES string of the molecule is CCN1C(=S)O/C(=C\c2ccc(-c3ccccc3)o2)C1=S.CCN1C(=S)O/C(=C\c2ccc(-c3ccccc3OC)o2)C1=S. The van der Waals surface area contributed by atoms with Crippen LogP contribution in [0.2, 0.25) is 0 Å². The van der Waals surface area contributed by atoms with Gasteiger partial charge in [0.1, 0.15) is 28.8 Å². The molecular weight excluding hydrogens is 633 g/mol. The molecule has 2 fully saturated rings. The first-order valence-electron chi connectivity index (χ1n) is 13.7. The highest BCUT2D eigenvalue weighted by atomic mass is 32.1. The van der Waals surface area contributed by atoms with Crippen LogP contribution in [-0.4, -0.2) is 50.3 Å². The first-order chi connectivity index (χ1) is 21.3. The first-order valence-corrected chi connectivity index (χ1v) is 15.4. The Hall–Kier alpha value is -4.16. The Balaban J connectivity index is 0.000000175. The van der Waals surface area contributed by atoms with Crippen molar-refractivity contribution in [2.45, 2.75) is 13.8 Å². The highest BCUT2D eigenvalue weighted by Crippen LogP contribution is 2.32. The highest BCUT2D eigenvalue weighted by molar-refractivity contribution is 7.82. The van der Waals surface area contributed by atoms with Gasteiger partial charge in [0.05, 0.1) is 12.7 Å². The molecule has 6 rings (SSSR count). The second-order valence-corrected chi connectivity index (χ2v) is 10.8. The third-order valence-electron chi connectivity index (χ3n) is 6.61. The van der Waals surface area contributed by atoms with Gasteiger partial charge in [-0.2, -0.15) is 0 Å². The number of nitrogens with zero attached hydrogens (tertiary/aromatic N) is 2. The van der Waals surface area contributed by atoms with Gasteiger partial charge in [0.2, 0.25) is 0 Å². The topological polar surface area (TPSA) is 60.5 Å². The summed E-state index contributed by atoms with van der Waals surface area (Å²) in [5.41, 5.74) is 1.92. The third-order valence-corrected chi connectivity index (χ3v) is 8.06. The quantitative estimate of drug-likeness (QED) is 0.142. The van der Waals surface area contributed by atoms with E-state index >= 15 is 0 Å². The van der Waals surface area contributed by atoms with Gasteiger partial charge >= 0.3 is 0 Å². The number of hydrogen-bond donors (Lipinski definition) is 0. The molecule has 224 valence electrons. The maximum Gasteiger partial charge on any atom is 0.270 e. The smallest absolute Gasteiger partial charge is 0.270 e. The Kier molecular flexibility index (Phi) is 10.0. The second-order valence-electron chi connectivity index (χ2n) is 9.32. The number of ether oxygens (including phenoxy) is 3. The zero-order chi connectivity index (χ0) is 31.2. The monoisotopic (exact) mass is 660 g/mol. The molecule has 0 radical (unpaired) electrons. The Morgan fingerprint density at radius 3 is 1.66 bits per heavy atom. The van der Waals surface area contributed by atoms with Gasteiger partial charge in [0, 0.05) is 30.8 Å². The molecule has 0 spiro atoms. The summed E-state index contributed by atoms with van der Waals surface area (Å²) in [6, 6.07) is 25.2. The van der Waals surface area contributed by atoms with Crippen LogP contribution in [0.25, 0.3) is 34.8 Å². The van der Waals surface area contributed by atoms with Crippen LogP contribution in [-0.2, 0) is 9.47 Å². The molecule has 0 amide bonds. The summed E-state index contributed by atoms with van der Waals surface area (Å²) in [7, 11) is 1.63. The number of thiocarbonyl (C=S) groups is 4. The average Bonchev–Trinajstić information content (AvgIpc) is 3.82. The van der Waals surface area contributed by atoms with Crippen LogP contribution in [0.4, 0.5) is 0 Å². The second kappa shape index (κ2) is 14.1. The summed E-state index contributed by atoms with van der Waals surface area (Å²) in [4.78, 5) is 4.71. The van der Waals surface area contributed by atoms with Crippen LogP contribution in [0, 0.1) is 0 Å². The maximum absolute atomic E-state index is 5.87. The molecule has 0 bridgehead atoms. The van der Waals surface area contributed by atoms with Crippen molar-refractivity contribution in [3.05, 3.63) is 102 Å². The molecule has 4 heterocycles. The fourth-order valence-corrected chi connectivity index (χ4v) is 5.78. The molecule has 0 unspecified atom stereocenters. The zero-order valence-corrected chi connectivity index (χ0v) is 27.4. The molecule has 0 saturated carbocycles. The van der Waals surface area contributed by atoms with Crippen LogP contribution < -0.4 is 4.74 Å². The standard InChI is InChI=1S/C17H15NO3S2.C16H13NO2S2/c1-3-18-16(22)15(21-17(18)23)10-11-8-9-14(20-11)12-6-4-5-7-13(12)19-2;1-2-17-15(20)14(19-16(17)21)10-12-8-9-13(18-12)11-6-4-3-5-7-11/h4-10H,3H2,1-2H3;3-10H,2H2,1H3/b15-10-;14-10-. The molecule has 7 nitrogen and oxygen atoms in total. The van der Waals surface area contributed by atoms with E-state index in [1.165, 1.54) is 0 Å². The summed E-state index contributed by atoms with van der Waals surface area (Å²) in [5, 5.41) is 0.767. The van der Waals surface area contributed by atoms with Crippen LogP contribution >= 0.6 is 48.9 Å². The Bertz CT molecular complexity index is 1770. The molecule has 2 aromatic heterocycles. The molecule has 2 aliphatic heterocycles. The van der Waals surface area contributed by atoms with Crippen molar-refractivity contribution in [1.29, 1.82) is 0 Å². The van der Waals surface area contributed by atoms with Crippen molar-refractivity contribution < 1.29 is 23.0 Å². The van der Waals surface area contributed by atoms with E-state index in [0.717, 1.165) is 22.6 Å². The van der Waals surface area contributed by atoms with Gasteiger partial charge in [-0.3, -0.25) is 9.80 Å². The van der Waals surface area contributed by atoms with Crippen molar-refractivity contribution in [2.75, 3.05) is 20.2 Å². The number of rotatable bonds is 7. The van der Waals surface area contributed by atoms with Crippen molar-refractivity contribution >= 4 is 81.3 Å². The van der Waals surface area contributed by atoms with Crippen LogP contribution in [0.5, 0.6) is 5.75 Å². The molecule has 0 N–H and O–H groups in total. The Labute approximate surface area is 277 Å². The van der Waals surface area contributed by atoms with Gasteiger partial charge in [0.15, 0.2) is 21.5 Å². The highest BCUT2D eigenvalue weighted by Gasteiger charge is 2.29.